The number of carbonyl (C=O) groups is 1. The summed E-state index contributed by atoms with van der Waals surface area (Å²) in [6.45, 7) is 12.5. The van der Waals surface area contributed by atoms with E-state index in [4.69, 9.17) is 4.74 Å². The molecule has 0 heterocycles. The molecule has 0 saturated carbocycles. The molecule has 2 aromatic rings. The van der Waals surface area contributed by atoms with Crippen LogP contribution in [0, 0.1) is 0 Å². The Bertz CT molecular complexity index is 666. The molecule has 2 heteroatoms. The van der Waals surface area contributed by atoms with Gasteiger partial charge in [-0.15, -0.1) is 0 Å². The number of ether oxygens (including phenoxy) is 1. The molecule has 0 radical (unpaired) electrons. The lowest BCUT2D eigenvalue weighted by molar-refractivity contribution is 0.103. The van der Waals surface area contributed by atoms with Crippen molar-refractivity contribution >= 4 is 5.78 Å². The van der Waals surface area contributed by atoms with E-state index in [1.165, 1.54) is 5.56 Å². The zero-order valence-corrected chi connectivity index (χ0v) is 14.9. The molecule has 0 aliphatic heterocycles. The van der Waals surface area contributed by atoms with E-state index < -0.39 is 0 Å². The second-order valence-electron chi connectivity index (χ2n) is 7.90. The average molecular weight is 310 g/mol. The molecule has 2 rings (SSSR count). The summed E-state index contributed by atoms with van der Waals surface area (Å²) in [5.74, 6) is 0.810. The largest absolute Gasteiger partial charge is 0.488 e. The van der Waals surface area contributed by atoms with Crippen molar-refractivity contribution in [3.05, 3.63) is 65.2 Å². The summed E-state index contributed by atoms with van der Waals surface area (Å²) in [6, 6.07) is 15.2. The van der Waals surface area contributed by atoms with Crippen LogP contribution >= 0.6 is 0 Å². The normalized spacial score (nSPS) is 12.1. The lowest BCUT2D eigenvalue weighted by atomic mass is 9.86. The zero-order valence-electron chi connectivity index (χ0n) is 14.9. The smallest absolute Gasteiger partial charge is 0.193 e. The molecule has 0 aliphatic rings. The first-order chi connectivity index (χ1) is 10.6. The summed E-state index contributed by atoms with van der Waals surface area (Å²) < 4.78 is 5.78. The van der Waals surface area contributed by atoms with E-state index >= 15 is 0 Å². The maximum atomic E-state index is 12.6. The molecule has 122 valence electrons. The van der Waals surface area contributed by atoms with Crippen LogP contribution in [-0.2, 0) is 5.41 Å². The van der Waals surface area contributed by atoms with Crippen LogP contribution in [0.4, 0.5) is 0 Å². The number of hydrogen-bond acceptors (Lipinski definition) is 2. The molecule has 0 spiro atoms. The third kappa shape index (κ3) is 4.69. The number of carbonyl (C=O) groups excluding carboxylic acids is 1. The fraction of sp³-hybridized carbons (Fsp3) is 0.381. The second kappa shape index (κ2) is 6.19. The Morgan fingerprint density at radius 1 is 0.739 bits per heavy atom. The van der Waals surface area contributed by atoms with Gasteiger partial charge in [-0.05, 0) is 56.0 Å². The van der Waals surface area contributed by atoms with Gasteiger partial charge >= 0.3 is 0 Å². The lowest BCUT2D eigenvalue weighted by Gasteiger charge is -2.21. The molecule has 0 aromatic heterocycles. The quantitative estimate of drug-likeness (QED) is 0.710. The van der Waals surface area contributed by atoms with Gasteiger partial charge in [-0.1, -0.05) is 45.0 Å². The van der Waals surface area contributed by atoms with E-state index in [0.29, 0.717) is 11.1 Å². The van der Waals surface area contributed by atoms with Gasteiger partial charge in [0.15, 0.2) is 5.78 Å². The summed E-state index contributed by atoms with van der Waals surface area (Å²) in [5.41, 5.74) is 2.46. The van der Waals surface area contributed by atoms with Crippen LogP contribution in [0.1, 0.15) is 63.0 Å². The second-order valence-corrected chi connectivity index (χ2v) is 7.90. The van der Waals surface area contributed by atoms with Gasteiger partial charge in [0.2, 0.25) is 0 Å². The zero-order chi connectivity index (χ0) is 17.3. The van der Waals surface area contributed by atoms with Crippen molar-refractivity contribution in [1.82, 2.24) is 0 Å². The SMILES string of the molecule is CC(C)(C)Oc1ccc(C(=O)c2ccc(C(C)(C)C)cc2)cc1. The van der Waals surface area contributed by atoms with Gasteiger partial charge in [-0.25, -0.2) is 0 Å². The highest BCUT2D eigenvalue weighted by Crippen LogP contribution is 2.24. The first kappa shape index (κ1) is 17.3. The molecule has 0 aliphatic carbocycles. The summed E-state index contributed by atoms with van der Waals surface area (Å²) >= 11 is 0. The van der Waals surface area contributed by atoms with Gasteiger partial charge in [-0.3, -0.25) is 4.79 Å². The van der Waals surface area contributed by atoms with E-state index in [2.05, 4.69) is 20.8 Å². The Kier molecular flexibility index (Phi) is 4.65. The van der Waals surface area contributed by atoms with E-state index in [0.717, 1.165) is 5.75 Å². The highest BCUT2D eigenvalue weighted by atomic mass is 16.5. The van der Waals surface area contributed by atoms with E-state index in [1.807, 2.05) is 69.3 Å². The number of rotatable bonds is 3. The number of ketones is 1. The fourth-order valence-corrected chi connectivity index (χ4v) is 2.32. The fourth-order valence-electron chi connectivity index (χ4n) is 2.32. The highest BCUT2D eigenvalue weighted by Gasteiger charge is 2.16. The van der Waals surface area contributed by atoms with Crippen LogP contribution in [0.15, 0.2) is 48.5 Å². The molecule has 0 saturated heterocycles. The molecule has 2 nitrogen and oxygen atoms in total. The first-order valence-corrected chi connectivity index (χ1v) is 8.01. The molecule has 0 atom stereocenters. The highest BCUT2D eigenvalue weighted by molar-refractivity contribution is 6.09. The Morgan fingerprint density at radius 3 is 1.57 bits per heavy atom. The van der Waals surface area contributed by atoms with Crippen LogP contribution in [-0.4, -0.2) is 11.4 Å². The van der Waals surface area contributed by atoms with Crippen LogP contribution < -0.4 is 4.74 Å². The minimum atomic E-state index is -0.242. The first-order valence-electron chi connectivity index (χ1n) is 8.01. The van der Waals surface area contributed by atoms with Gasteiger partial charge in [-0.2, -0.15) is 0 Å². The molecule has 0 unspecified atom stereocenters. The molecule has 2 aromatic carbocycles. The molecular formula is C21H26O2. The minimum Gasteiger partial charge on any atom is -0.488 e. The van der Waals surface area contributed by atoms with Crippen LogP contribution in [0.2, 0.25) is 0 Å². The van der Waals surface area contributed by atoms with Crippen molar-refractivity contribution in [2.45, 2.75) is 52.6 Å². The van der Waals surface area contributed by atoms with Crippen molar-refractivity contribution in [2.75, 3.05) is 0 Å². The van der Waals surface area contributed by atoms with E-state index in [-0.39, 0.29) is 16.8 Å². The Morgan fingerprint density at radius 2 is 1.17 bits per heavy atom. The maximum Gasteiger partial charge on any atom is 0.193 e. The van der Waals surface area contributed by atoms with Crippen molar-refractivity contribution in [3.8, 4) is 5.75 Å². The van der Waals surface area contributed by atoms with Crippen LogP contribution in [0.3, 0.4) is 0 Å². The third-order valence-corrected chi connectivity index (χ3v) is 3.55. The molecular weight excluding hydrogens is 284 g/mol. The van der Waals surface area contributed by atoms with E-state index in [1.54, 1.807) is 0 Å². The minimum absolute atomic E-state index is 0.0350. The molecule has 0 bridgehead atoms. The van der Waals surface area contributed by atoms with Gasteiger partial charge in [0.25, 0.3) is 0 Å². The third-order valence-electron chi connectivity index (χ3n) is 3.55. The summed E-state index contributed by atoms with van der Waals surface area (Å²) in [5, 5.41) is 0. The average Bonchev–Trinajstić information content (AvgIpc) is 2.45. The van der Waals surface area contributed by atoms with Crippen molar-refractivity contribution in [2.24, 2.45) is 0 Å². The Hall–Kier alpha value is -2.09. The Balaban J connectivity index is 2.17. The summed E-state index contributed by atoms with van der Waals surface area (Å²) in [6.07, 6.45) is 0. The molecule has 0 amide bonds. The van der Waals surface area contributed by atoms with E-state index in [9.17, 15) is 4.79 Å². The topological polar surface area (TPSA) is 26.3 Å². The van der Waals surface area contributed by atoms with Crippen molar-refractivity contribution in [3.63, 3.8) is 0 Å². The lowest BCUT2D eigenvalue weighted by Crippen LogP contribution is -2.22. The monoisotopic (exact) mass is 310 g/mol. The van der Waals surface area contributed by atoms with Gasteiger partial charge in [0.1, 0.15) is 11.4 Å². The standard InChI is InChI=1S/C21H26O2/c1-20(2,3)17-11-7-15(8-12-17)19(22)16-9-13-18(14-10-16)23-21(4,5)6/h7-14H,1-6H3. The predicted molar refractivity (Wildman–Crippen MR) is 95.4 cm³/mol. The van der Waals surface area contributed by atoms with Gasteiger partial charge in [0, 0.05) is 11.1 Å². The molecule has 23 heavy (non-hydrogen) atoms. The number of benzene rings is 2. The molecule has 0 fully saturated rings. The van der Waals surface area contributed by atoms with Crippen LogP contribution in [0.25, 0.3) is 0 Å². The van der Waals surface area contributed by atoms with Crippen molar-refractivity contribution < 1.29 is 9.53 Å². The van der Waals surface area contributed by atoms with Crippen molar-refractivity contribution in [1.29, 1.82) is 0 Å². The van der Waals surface area contributed by atoms with Gasteiger partial charge < -0.3 is 4.74 Å². The predicted octanol–water partition coefficient (Wildman–Crippen LogP) is 5.39. The molecule has 0 N–H and O–H groups in total. The maximum absolute atomic E-state index is 12.6. The Labute approximate surface area is 139 Å². The van der Waals surface area contributed by atoms with Crippen LogP contribution in [0.5, 0.6) is 5.75 Å². The van der Waals surface area contributed by atoms with Gasteiger partial charge in [0.05, 0.1) is 0 Å². The summed E-state index contributed by atoms with van der Waals surface area (Å²) in [4.78, 5) is 12.6. The summed E-state index contributed by atoms with van der Waals surface area (Å²) in [7, 11) is 0. The number of hydrogen-bond donors (Lipinski definition) is 0.